The molecule has 1 fully saturated rings. The lowest BCUT2D eigenvalue weighted by Crippen LogP contribution is -2.44. The van der Waals surface area contributed by atoms with Crippen molar-refractivity contribution in [1.82, 2.24) is 19.7 Å². The number of thiazole rings is 1. The molecule has 24 heavy (non-hydrogen) atoms. The van der Waals surface area contributed by atoms with Crippen LogP contribution in [0.1, 0.15) is 36.2 Å². The summed E-state index contributed by atoms with van der Waals surface area (Å²) in [5.74, 6) is -0.360. The topological polar surface area (TPSA) is 80.1 Å². The van der Waals surface area contributed by atoms with E-state index in [0.717, 1.165) is 16.9 Å². The normalized spacial score (nSPS) is 21.1. The molecule has 3 rings (SSSR count). The third kappa shape index (κ3) is 3.19. The molecule has 2 aromatic rings. The Morgan fingerprint density at radius 3 is 2.83 bits per heavy atom. The maximum absolute atomic E-state index is 12.8. The number of nitrogens with zero attached hydrogens (tertiary/aromatic N) is 4. The van der Waals surface area contributed by atoms with Gasteiger partial charge >= 0.3 is 0 Å². The highest BCUT2D eigenvalue weighted by Gasteiger charge is 2.39. The van der Waals surface area contributed by atoms with Crippen molar-refractivity contribution in [2.45, 2.75) is 32.2 Å². The number of hydrogen-bond donors (Lipinski definition) is 1. The minimum Gasteiger partial charge on any atom is -0.338 e. The number of hydrogen-bond acceptors (Lipinski definition) is 5. The Kier molecular flexibility index (Phi) is 4.66. The smallest absolute Gasteiger partial charge is 0.231 e. The van der Waals surface area contributed by atoms with Crippen LogP contribution in [0.4, 0.5) is 5.13 Å². The first-order valence-electron chi connectivity index (χ1n) is 7.99. The van der Waals surface area contributed by atoms with Gasteiger partial charge in [0.2, 0.25) is 11.8 Å². The second-order valence-corrected chi connectivity index (χ2v) is 7.13. The van der Waals surface area contributed by atoms with E-state index in [0.29, 0.717) is 18.0 Å². The first-order chi connectivity index (χ1) is 11.5. The third-order valence-electron chi connectivity index (χ3n) is 4.40. The van der Waals surface area contributed by atoms with E-state index in [1.807, 2.05) is 13.2 Å². The fourth-order valence-electron chi connectivity index (χ4n) is 3.09. The van der Waals surface area contributed by atoms with Crippen LogP contribution in [-0.2, 0) is 23.1 Å². The molecule has 128 valence electrons. The van der Waals surface area contributed by atoms with Crippen molar-refractivity contribution < 1.29 is 9.59 Å². The van der Waals surface area contributed by atoms with E-state index in [1.165, 1.54) is 11.3 Å². The number of carbonyl (C=O) groups excluding carboxylic acids is 2. The summed E-state index contributed by atoms with van der Waals surface area (Å²) in [6, 6.07) is -0.300. The molecule has 0 unspecified atom stereocenters. The second kappa shape index (κ2) is 6.72. The zero-order chi connectivity index (χ0) is 17.3. The Hall–Kier alpha value is -2.22. The van der Waals surface area contributed by atoms with Crippen LogP contribution in [0.3, 0.4) is 0 Å². The van der Waals surface area contributed by atoms with Crippen LogP contribution in [0.5, 0.6) is 0 Å². The van der Waals surface area contributed by atoms with Gasteiger partial charge in [-0.05, 0) is 12.8 Å². The maximum atomic E-state index is 12.8. The molecule has 1 saturated heterocycles. The van der Waals surface area contributed by atoms with E-state index >= 15 is 0 Å². The lowest BCUT2D eigenvalue weighted by atomic mass is 9.85. The number of nitrogens with one attached hydrogen (secondary N) is 1. The molecule has 0 saturated carbocycles. The van der Waals surface area contributed by atoms with E-state index in [1.54, 1.807) is 29.0 Å². The quantitative estimate of drug-likeness (QED) is 0.917. The molecule has 1 N–H and O–H groups in total. The van der Waals surface area contributed by atoms with Gasteiger partial charge in [0.05, 0.1) is 18.2 Å². The molecule has 1 aliphatic rings. The van der Waals surface area contributed by atoms with Gasteiger partial charge in [-0.1, -0.05) is 6.92 Å². The number of amides is 2. The van der Waals surface area contributed by atoms with Crippen molar-refractivity contribution >= 4 is 28.3 Å². The van der Waals surface area contributed by atoms with Gasteiger partial charge in [-0.15, -0.1) is 11.3 Å². The zero-order valence-electron chi connectivity index (χ0n) is 14.0. The van der Waals surface area contributed by atoms with Crippen molar-refractivity contribution in [2.75, 3.05) is 12.4 Å². The van der Waals surface area contributed by atoms with Crippen LogP contribution in [0.25, 0.3) is 0 Å². The lowest BCUT2D eigenvalue weighted by Gasteiger charge is -2.37. The van der Waals surface area contributed by atoms with Gasteiger partial charge in [-0.25, -0.2) is 4.98 Å². The van der Waals surface area contributed by atoms with Crippen LogP contribution in [0, 0.1) is 5.92 Å². The Morgan fingerprint density at radius 2 is 2.21 bits per heavy atom. The highest BCUT2D eigenvalue weighted by molar-refractivity contribution is 7.15. The molecule has 0 spiro atoms. The molecule has 3 heterocycles. The minimum absolute atomic E-state index is 0.0513. The summed E-state index contributed by atoms with van der Waals surface area (Å²) in [7, 11) is 3.57. The van der Waals surface area contributed by atoms with Gasteiger partial charge in [0.15, 0.2) is 5.13 Å². The summed E-state index contributed by atoms with van der Waals surface area (Å²) in [6.45, 7) is 2.05. The van der Waals surface area contributed by atoms with Crippen molar-refractivity contribution in [1.29, 1.82) is 0 Å². The average Bonchev–Trinajstić information content (AvgIpc) is 3.18. The molecule has 0 aromatic carbocycles. The molecule has 8 heteroatoms. The predicted molar refractivity (Wildman–Crippen MR) is 91.6 cm³/mol. The van der Waals surface area contributed by atoms with Crippen LogP contribution in [0.2, 0.25) is 0 Å². The Balaban J connectivity index is 1.83. The van der Waals surface area contributed by atoms with E-state index < -0.39 is 0 Å². The molecule has 2 aromatic heterocycles. The SMILES string of the molecule is CCc1cnc(NC(=O)[C@@H]2CCC(=O)N(C)[C@H]2c2cnn(C)c2)s1. The van der Waals surface area contributed by atoms with Gasteiger partial charge in [-0.3, -0.25) is 14.3 Å². The molecule has 2 amide bonds. The minimum atomic E-state index is -0.314. The monoisotopic (exact) mass is 347 g/mol. The first kappa shape index (κ1) is 16.6. The molecule has 0 bridgehead atoms. The molecule has 0 aliphatic carbocycles. The van der Waals surface area contributed by atoms with Crippen LogP contribution in [-0.4, -0.2) is 38.5 Å². The average molecular weight is 347 g/mol. The van der Waals surface area contributed by atoms with Gasteiger partial charge in [-0.2, -0.15) is 5.10 Å². The van der Waals surface area contributed by atoms with Crippen LogP contribution >= 0.6 is 11.3 Å². The summed E-state index contributed by atoms with van der Waals surface area (Å²) in [6.07, 6.45) is 7.17. The molecule has 1 aliphatic heterocycles. The van der Waals surface area contributed by atoms with Crippen molar-refractivity contribution in [3.63, 3.8) is 0 Å². The van der Waals surface area contributed by atoms with E-state index in [2.05, 4.69) is 22.3 Å². The number of anilines is 1. The van der Waals surface area contributed by atoms with Crippen molar-refractivity contribution in [3.8, 4) is 0 Å². The highest BCUT2D eigenvalue weighted by atomic mass is 32.1. The standard InChI is InChI=1S/C16H21N5O2S/c1-4-11-8-17-16(24-11)19-15(23)12-5-6-13(22)21(3)14(12)10-7-18-20(2)9-10/h7-9,12,14H,4-6H2,1-3H3,(H,17,19,23)/t12-,14+/m1/s1. The summed E-state index contributed by atoms with van der Waals surface area (Å²) < 4.78 is 1.69. The molecular weight excluding hydrogens is 326 g/mol. The Labute approximate surface area is 144 Å². The van der Waals surface area contributed by atoms with Crippen molar-refractivity contribution in [2.24, 2.45) is 13.0 Å². The number of aryl methyl sites for hydroxylation is 2. The molecule has 7 nitrogen and oxygen atoms in total. The van der Waals surface area contributed by atoms with Gasteiger partial charge in [0, 0.05) is 43.4 Å². The zero-order valence-corrected chi connectivity index (χ0v) is 14.8. The Morgan fingerprint density at radius 1 is 1.42 bits per heavy atom. The van der Waals surface area contributed by atoms with Gasteiger partial charge < -0.3 is 10.2 Å². The second-order valence-electron chi connectivity index (χ2n) is 6.02. The number of rotatable bonds is 4. The fourth-order valence-corrected chi connectivity index (χ4v) is 3.84. The van der Waals surface area contributed by atoms with E-state index in [9.17, 15) is 9.59 Å². The highest BCUT2D eigenvalue weighted by Crippen LogP contribution is 2.36. The lowest BCUT2D eigenvalue weighted by molar-refractivity contribution is -0.140. The number of carbonyl (C=O) groups is 2. The maximum Gasteiger partial charge on any atom is 0.231 e. The van der Waals surface area contributed by atoms with Crippen LogP contribution < -0.4 is 5.32 Å². The van der Waals surface area contributed by atoms with Gasteiger partial charge in [0.25, 0.3) is 0 Å². The first-order valence-corrected chi connectivity index (χ1v) is 8.81. The largest absolute Gasteiger partial charge is 0.338 e. The number of piperidine rings is 1. The predicted octanol–water partition coefficient (Wildman–Crippen LogP) is 1.99. The third-order valence-corrected chi connectivity index (χ3v) is 5.45. The Bertz CT molecular complexity index is 753. The molecular formula is C16H21N5O2S. The number of likely N-dealkylation sites (tertiary alicyclic amines) is 1. The van der Waals surface area contributed by atoms with Crippen molar-refractivity contribution in [3.05, 3.63) is 29.0 Å². The number of aromatic nitrogens is 3. The van der Waals surface area contributed by atoms with Crippen LogP contribution in [0.15, 0.2) is 18.6 Å². The summed E-state index contributed by atoms with van der Waals surface area (Å²) >= 11 is 1.49. The summed E-state index contributed by atoms with van der Waals surface area (Å²) in [4.78, 5) is 31.9. The van der Waals surface area contributed by atoms with Gasteiger partial charge in [0.1, 0.15) is 0 Å². The fraction of sp³-hybridized carbons (Fsp3) is 0.500. The molecule has 0 radical (unpaired) electrons. The van der Waals surface area contributed by atoms with E-state index in [-0.39, 0.29) is 23.8 Å². The summed E-state index contributed by atoms with van der Waals surface area (Å²) in [5, 5.41) is 7.70. The molecule has 2 atom stereocenters. The van der Waals surface area contributed by atoms with E-state index in [4.69, 9.17) is 0 Å². The summed E-state index contributed by atoms with van der Waals surface area (Å²) in [5.41, 5.74) is 0.876.